The van der Waals surface area contributed by atoms with Crippen LogP contribution in [0.2, 0.25) is 0 Å². The number of aromatic nitrogens is 2. The molecular weight excluding hydrogens is 522 g/mol. The van der Waals surface area contributed by atoms with Crippen LogP contribution in [-0.4, -0.2) is 58.4 Å². The Balaban J connectivity index is 1.52. The molecule has 40 heavy (non-hydrogen) atoms. The summed E-state index contributed by atoms with van der Waals surface area (Å²) in [5.41, 5.74) is 6.99. The Hall–Kier alpha value is -4.66. The topological polar surface area (TPSA) is 136 Å². The van der Waals surface area contributed by atoms with E-state index in [0.29, 0.717) is 16.9 Å². The predicted octanol–water partition coefficient (Wildman–Crippen LogP) is 4.37. The number of nitrogens with zero attached hydrogens (tertiary/aromatic N) is 4. The molecule has 2 aromatic carbocycles. The van der Waals surface area contributed by atoms with Gasteiger partial charge in [-0.2, -0.15) is 10.4 Å². The summed E-state index contributed by atoms with van der Waals surface area (Å²) in [6.07, 6.45) is -0.866. The zero-order valence-electron chi connectivity index (χ0n) is 22.6. The summed E-state index contributed by atoms with van der Waals surface area (Å²) in [5.74, 6) is -3.43. The minimum absolute atomic E-state index is 0.0521. The van der Waals surface area contributed by atoms with E-state index >= 15 is 8.78 Å². The first-order valence-electron chi connectivity index (χ1n) is 12.5. The van der Waals surface area contributed by atoms with Gasteiger partial charge in [0.2, 0.25) is 0 Å². The molecule has 3 N–H and O–H groups in total. The zero-order valence-corrected chi connectivity index (χ0v) is 22.6. The smallest absolute Gasteiger partial charge is 0.410 e. The lowest BCUT2D eigenvalue weighted by Gasteiger charge is -2.24. The number of likely N-dealkylation sites (tertiary alicyclic amines) is 1. The number of halogens is 2. The van der Waals surface area contributed by atoms with Crippen molar-refractivity contribution in [2.75, 3.05) is 25.9 Å². The summed E-state index contributed by atoms with van der Waals surface area (Å²) < 4.78 is 41.5. The number of hydrogen-bond acceptors (Lipinski definition) is 7. The molecule has 0 bridgehead atoms. The van der Waals surface area contributed by atoms with Crippen molar-refractivity contribution in [3.63, 3.8) is 0 Å². The van der Waals surface area contributed by atoms with Crippen LogP contribution in [0.1, 0.15) is 48.3 Å². The van der Waals surface area contributed by atoms with Crippen molar-refractivity contribution < 1.29 is 27.8 Å². The monoisotopic (exact) mass is 552 g/mol. The fraction of sp³-hybridized carbons (Fsp3) is 0.357. The standard InChI is InChI=1S/C28H30F2N6O4/c1-27(2,3)40-26(38)35-15-22(28(29,30)16-35)36-24(32)20(13-31)23(34-36)18-11-9-17(10-12-18)14-33-25(37)19-7-5-6-8-21(19)39-4/h5-12,22H,14-16,32H2,1-4H3,(H,33,37). The van der Waals surface area contributed by atoms with E-state index in [4.69, 9.17) is 15.2 Å². The van der Waals surface area contributed by atoms with Crippen LogP contribution in [0.3, 0.4) is 0 Å². The second-order valence-electron chi connectivity index (χ2n) is 10.4. The van der Waals surface area contributed by atoms with Crippen LogP contribution in [0.15, 0.2) is 48.5 Å². The summed E-state index contributed by atoms with van der Waals surface area (Å²) in [6.45, 7) is 3.91. The van der Waals surface area contributed by atoms with Gasteiger partial charge in [0, 0.05) is 12.1 Å². The summed E-state index contributed by atoms with van der Waals surface area (Å²) in [7, 11) is 1.49. The van der Waals surface area contributed by atoms with Crippen molar-refractivity contribution in [3.8, 4) is 23.1 Å². The molecule has 0 spiro atoms. The van der Waals surface area contributed by atoms with Gasteiger partial charge in [-0.05, 0) is 38.5 Å². The Morgan fingerprint density at radius 3 is 2.50 bits per heavy atom. The highest BCUT2D eigenvalue weighted by molar-refractivity contribution is 5.96. The summed E-state index contributed by atoms with van der Waals surface area (Å²) in [6, 6.07) is 14.0. The van der Waals surface area contributed by atoms with Crippen molar-refractivity contribution >= 4 is 17.8 Å². The Morgan fingerprint density at radius 1 is 1.20 bits per heavy atom. The van der Waals surface area contributed by atoms with Gasteiger partial charge in [0.15, 0.2) is 0 Å². The minimum Gasteiger partial charge on any atom is -0.496 e. The first-order valence-corrected chi connectivity index (χ1v) is 12.5. The first-order chi connectivity index (χ1) is 18.8. The molecule has 0 radical (unpaired) electrons. The Bertz CT molecular complexity index is 1460. The van der Waals surface area contributed by atoms with Crippen LogP contribution in [0, 0.1) is 11.3 Å². The number of alkyl halides is 2. The van der Waals surface area contributed by atoms with Crippen LogP contribution in [0.5, 0.6) is 5.75 Å². The number of nitriles is 1. The van der Waals surface area contributed by atoms with Gasteiger partial charge < -0.3 is 20.5 Å². The molecule has 1 saturated heterocycles. The number of carbonyl (C=O) groups excluding carboxylic acids is 2. The van der Waals surface area contributed by atoms with Crippen molar-refractivity contribution in [2.45, 2.75) is 44.9 Å². The lowest BCUT2D eigenvalue weighted by Crippen LogP contribution is -2.36. The molecular formula is C28H30F2N6O4. The number of nitrogen functional groups attached to an aromatic ring is 1. The number of nitrogens with two attached hydrogens (primary N) is 1. The molecule has 4 rings (SSSR count). The summed E-state index contributed by atoms with van der Waals surface area (Å²) in [5, 5.41) is 16.9. The molecule has 10 nitrogen and oxygen atoms in total. The van der Waals surface area contributed by atoms with Crippen molar-refractivity contribution in [2.24, 2.45) is 0 Å². The maximum absolute atomic E-state index is 15.0. The van der Waals surface area contributed by atoms with Gasteiger partial charge in [-0.1, -0.05) is 36.4 Å². The third-order valence-corrected chi connectivity index (χ3v) is 6.32. The van der Waals surface area contributed by atoms with E-state index in [-0.39, 0.29) is 36.1 Å². The molecule has 1 aromatic heterocycles. The molecule has 3 aromatic rings. The van der Waals surface area contributed by atoms with E-state index in [9.17, 15) is 14.9 Å². The van der Waals surface area contributed by atoms with Crippen molar-refractivity contribution in [1.29, 1.82) is 5.26 Å². The third-order valence-electron chi connectivity index (χ3n) is 6.32. The van der Waals surface area contributed by atoms with Gasteiger partial charge in [0.1, 0.15) is 40.5 Å². The molecule has 2 heterocycles. The number of methoxy groups -OCH3 is 1. The molecule has 1 unspecified atom stereocenters. The largest absolute Gasteiger partial charge is 0.496 e. The van der Waals surface area contributed by atoms with Crippen LogP contribution in [0.4, 0.5) is 19.4 Å². The maximum atomic E-state index is 15.0. The van der Waals surface area contributed by atoms with Crippen molar-refractivity contribution in [1.82, 2.24) is 20.0 Å². The normalized spacial score (nSPS) is 16.3. The van der Waals surface area contributed by atoms with Crippen LogP contribution < -0.4 is 15.8 Å². The van der Waals surface area contributed by atoms with Crippen molar-refractivity contribution in [3.05, 3.63) is 65.2 Å². The molecule has 2 amide bonds. The molecule has 12 heteroatoms. The highest BCUT2D eigenvalue weighted by atomic mass is 19.3. The minimum atomic E-state index is -3.36. The molecule has 0 aliphatic carbocycles. The van der Waals surface area contributed by atoms with E-state index in [0.717, 1.165) is 15.1 Å². The van der Waals surface area contributed by atoms with Gasteiger partial charge >= 0.3 is 6.09 Å². The SMILES string of the molecule is COc1ccccc1C(=O)NCc1ccc(-c2nn(C3CN(C(=O)OC(C)(C)C)CC3(F)F)c(N)c2C#N)cc1. The zero-order chi connectivity index (χ0) is 29.2. The number of amides is 2. The number of carbonyl (C=O) groups is 2. The van der Waals surface area contributed by atoms with Crippen LogP contribution in [0.25, 0.3) is 11.3 Å². The number of hydrogen-bond donors (Lipinski definition) is 2. The molecule has 210 valence electrons. The highest BCUT2D eigenvalue weighted by Gasteiger charge is 2.53. The van der Waals surface area contributed by atoms with E-state index in [1.807, 2.05) is 6.07 Å². The maximum Gasteiger partial charge on any atom is 0.410 e. The lowest BCUT2D eigenvalue weighted by molar-refractivity contribution is -0.0275. The fourth-order valence-corrected chi connectivity index (χ4v) is 4.38. The van der Waals surface area contributed by atoms with Gasteiger partial charge in [-0.15, -0.1) is 0 Å². The van der Waals surface area contributed by atoms with Crippen LogP contribution in [-0.2, 0) is 11.3 Å². The molecule has 1 aliphatic rings. The first kappa shape index (κ1) is 28.4. The molecule has 0 saturated carbocycles. The van der Waals surface area contributed by atoms with E-state index in [1.54, 1.807) is 69.3 Å². The van der Waals surface area contributed by atoms with Gasteiger partial charge in [0.05, 0.1) is 25.8 Å². The molecule has 1 atom stereocenters. The number of nitrogens with one attached hydrogen (secondary N) is 1. The second-order valence-corrected chi connectivity index (χ2v) is 10.4. The van der Waals surface area contributed by atoms with E-state index in [2.05, 4.69) is 10.4 Å². The number of anilines is 1. The highest BCUT2D eigenvalue weighted by Crippen LogP contribution is 2.40. The quantitative estimate of drug-likeness (QED) is 0.464. The number of ether oxygens (including phenoxy) is 2. The third kappa shape index (κ3) is 5.83. The van der Waals surface area contributed by atoms with Gasteiger partial charge in [0.25, 0.3) is 11.8 Å². The molecule has 1 fully saturated rings. The van der Waals surface area contributed by atoms with E-state index < -0.39 is 30.2 Å². The number of benzene rings is 2. The Kier molecular flexibility index (Phi) is 7.68. The average molecular weight is 553 g/mol. The predicted molar refractivity (Wildman–Crippen MR) is 143 cm³/mol. The summed E-state index contributed by atoms with van der Waals surface area (Å²) >= 11 is 0. The Morgan fingerprint density at radius 2 is 1.88 bits per heavy atom. The fourth-order valence-electron chi connectivity index (χ4n) is 4.38. The van der Waals surface area contributed by atoms with Gasteiger partial charge in [-0.25, -0.2) is 18.3 Å². The second kappa shape index (κ2) is 10.8. The number of para-hydroxylation sites is 1. The number of rotatable bonds is 6. The van der Waals surface area contributed by atoms with E-state index in [1.165, 1.54) is 7.11 Å². The average Bonchev–Trinajstić information content (AvgIpc) is 3.41. The lowest BCUT2D eigenvalue weighted by atomic mass is 10.1. The summed E-state index contributed by atoms with van der Waals surface area (Å²) in [4.78, 5) is 25.9. The van der Waals surface area contributed by atoms with Gasteiger partial charge in [-0.3, -0.25) is 9.69 Å². The Labute approximate surface area is 230 Å². The van der Waals surface area contributed by atoms with Crippen LogP contribution >= 0.6 is 0 Å². The molecule has 1 aliphatic heterocycles.